The third-order valence-electron chi connectivity index (χ3n) is 3.52. The van der Waals surface area contributed by atoms with E-state index in [-0.39, 0.29) is 4.90 Å². The first-order chi connectivity index (χ1) is 8.28. The molecule has 0 heterocycles. The molecule has 5 heteroatoms. The van der Waals surface area contributed by atoms with Crippen molar-refractivity contribution >= 4 is 15.7 Å². The van der Waals surface area contributed by atoms with Crippen LogP contribution in [0.25, 0.3) is 0 Å². The maximum Gasteiger partial charge on any atom is 0.240 e. The number of rotatable bonds is 3. The Morgan fingerprint density at radius 3 is 2.56 bits per heavy atom. The van der Waals surface area contributed by atoms with Gasteiger partial charge in [0.25, 0.3) is 0 Å². The van der Waals surface area contributed by atoms with Crippen molar-refractivity contribution in [2.45, 2.75) is 44.0 Å². The Bertz CT molecular complexity index is 538. The predicted octanol–water partition coefficient (Wildman–Crippen LogP) is 2.32. The Morgan fingerprint density at radius 2 is 2.00 bits per heavy atom. The Kier molecular flexibility index (Phi) is 3.38. The first kappa shape index (κ1) is 13.4. The standard InChI is InChI=1S/C13H20N2O2S/c1-13(2)8-7-10(9-13)15-11-5-3-4-6-12(11)18(14,16)17/h3-6,10,15H,7-9H2,1-2H3,(H2,14,16,17). The monoisotopic (exact) mass is 268 g/mol. The molecular weight excluding hydrogens is 248 g/mol. The van der Waals surface area contributed by atoms with Gasteiger partial charge in [-0.2, -0.15) is 0 Å². The molecule has 0 saturated heterocycles. The largest absolute Gasteiger partial charge is 0.381 e. The molecule has 0 amide bonds. The lowest BCUT2D eigenvalue weighted by Gasteiger charge is -2.19. The number of hydrogen-bond donors (Lipinski definition) is 2. The number of sulfonamides is 1. The third-order valence-corrected chi connectivity index (χ3v) is 4.49. The van der Waals surface area contributed by atoms with Crippen LogP contribution < -0.4 is 10.5 Å². The highest BCUT2D eigenvalue weighted by Gasteiger charge is 2.31. The number of hydrogen-bond acceptors (Lipinski definition) is 3. The van der Waals surface area contributed by atoms with Gasteiger partial charge in [0, 0.05) is 6.04 Å². The van der Waals surface area contributed by atoms with Crippen molar-refractivity contribution in [3.05, 3.63) is 24.3 Å². The first-order valence-electron chi connectivity index (χ1n) is 6.16. The van der Waals surface area contributed by atoms with E-state index in [9.17, 15) is 8.42 Å². The molecule has 3 N–H and O–H groups in total. The van der Waals surface area contributed by atoms with Crippen molar-refractivity contribution in [1.82, 2.24) is 0 Å². The van der Waals surface area contributed by atoms with E-state index in [0.29, 0.717) is 17.1 Å². The van der Waals surface area contributed by atoms with Crippen LogP contribution in [0.4, 0.5) is 5.69 Å². The number of para-hydroxylation sites is 1. The van der Waals surface area contributed by atoms with E-state index in [0.717, 1.165) is 19.3 Å². The average Bonchev–Trinajstić information content (AvgIpc) is 2.57. The minimum absolute atomic E-state index is 0.176. The molecule has 0 aliphatic heterocycles. The van der Waals surface area contributed by atoms with Gasteiger partial charge in [0.05, 0.1) is 5.69 Å². The van der Waals surface area contributed by atoms with Crippen molar-refractivity contribution in [2.75, 3.05) is 5.32 Å². The van der Waals surface area contributed by atoms with E-state index in [1.54, 1.807) is 12.1 Å². The quantitative estimate of drug-likeness (QED) is 0.883. The lowest BCUT2D eigenvalue weighted by atomic mass is 9.92. The molecule has 18 heavy (non-hydrogen) atoms. The van der Waals surface area contributed by atoms with E-state index in [2.05, 4.69) is 19.2 Å². The molecule has 1 aromatic carbocycles. The predicted molar refractivity (Wildman–Crippen MR) is 72.9 cm³/mol. The molecule has 1 aliphatic carbocycles. The van der Waals surface area contributed by atoms with E-state index in [1.165, 1.54) is 6.07 Å². The Hall–Kier alpha value is -1.07. The van der Waals surface area contributed by atoms with Crippen LogP contribution in [0.3, 0.4) is 0 Å². The fourth-order valence-corrected chi connectivity index (χ4v) is 3.31. The van der Waals surface area contributed by atoms with Gasteiger partial charge >= 0.3 is 0 Å². The summed E-state index contributed by atoms with van der Waals surface area (Å²) in [5.41, 5.74) is 0.941. The van der Waals surface area contributed by atoms with Gasteiger partial charge in [-0.15, -0.1) is 0 Å². The van der Waals surface area contributed by atoms with Gasteiger partial charge in [-0.1, -0.05) is 26.0 Å². The van der Waals surface area contributed by atoms with E-state index >= 15 is 0 Å². The van der Waals surface area contributed by atoms with Crippen molar-refractivity contribution in [1.29, 1.82) is 0 Å². The number of benzene rings is 1. The van der Waals surface area contributed by atoms with Crippen LogP contribution in [0.5, 0.6) is 0 Å². The average molecular weight is 268 g/mol. The van der Waals surface area contributed by atoms with Gasteiger partial charge in [0.15, 0.2) is 0 Å². The lowest BCUT2D eigenvalue weighted by molar-refractivity contribution is 0.378. The van der Waals surface area contributed by atoms with E-state index in [1.807, 2.05) is 6.07 Å². The third kappa shape index (κ3) is 3.03. The van der Waals surface area contributed by atoms with Gasteiger partial charge in [-0.25, -0.2) is 13.6 Å². The number of anilines is 1. The molecule has 1 fully saturated rings. The summed E-state index contributed by atoms with van der Waals surface area (Å²) >= 11 is 0. The topological polar surface area (TPSA) is 72.2 Å². The van der Waals surface area contributed by atoms with Gasteiger partial charge in [-0.05, 0) is 36.8 Å². The summed E-state index contributed by atoms with van der Waals surface area (Å²) in [5.74, 6) is 0. The molecule has 1 unspecified atom stereocenters. The van der Waals surface area contributed by atoms with Gasteiger partial charge < -0.3 is 5.32 Å². The van der Waals surface area contributed by atoms with Crippen LogP contribution in [0.1, 0.15) is 33.1 Å². The molecule has 0 radical (unpaired) electrons. The maximum absolute atomic E-state index is 11.5. The fraction of sp³-hybridized carbons (Fsp3) is 0.538. The van der Waals surface area contributed by atoms with Crippen molar-refractivity contribution < 1.29 is 8.42 Å². The summed E-state index contributed by atoms with van der Waals surface area (Å²) in [4.78, 5) is 0.176. The Labute approximate surface area is 109 Å². The van der Waals surface area contributed by atoms with Crippen LogP contribution in [0.15, 0.2) is 29.2 Å². The number of nitrogens with one attached hydrogen (secondary N) is 1. The molecule has 1 atom stereocenters. The summed E-state index contributed by atoms with van der Waals surface area (Å²) in [6.45, 7) is 4.47. The van der Waals surface area contributed by atoms with Crippen molar-refractivity contribution in [2.24, 2.45) is 10.6 Å². The second-order valence-electron chi connectivity index (χ2n) is 5.79. The molecule has 1 saturated carbocycles. The molecule has 0 bridgehead atoms. The summed E-state index contributed by atoms with van der Waals surface area (Å²) in [6.07, 6.45) is 3.26. The van der Waals surface area contributed by atoms with Gasteiger partial charge in [0.1, 0.15) is 4.90 Å². The van der Waals surface area contributed by atoms with Gasteiger partial charge in [-0.3, -0.25) is 0 Å². The summed E-state index contributed by atoms with van der Waals surface area (Å²) in [7, 11) is -3.67. The minimum Gasteiger partial charge on any atom is -0.381 e. The minimum atomic E-state index is -3.67. The van der Waals surface area contributed by atoms with Crippen LogP contribution >= 0.6 is 0 Å². The zero-order valence-corrected chi connectivity index (χ0v) is 11.6. The van der Waals surface area contributed by atoms with Crippen LogP contribution in [-0.4, -0.2) is 14.5 Å². The second kappa shape index (κ2) is 4.55. The summed E-state index contributed by atoms with van der Waals surface area (Å²) < 4.78 is 23.0. The number of nitrogens with two attached hydrogens (primary N) is 1. The highest BCUT2D eigenvalue weighted by atomic mass is 32.2. The van der Waals surface area contributed by atoms with Crippen molar-refractivity contribution in [3.63, 3.8) is 0 Å². The smallest absolute Gasteiger partial charge is 0.240 e. The SMILES string of the molecule is CC1(C)CCC(Nc2ccccc2S(N)(=O)=O)C1. The fourth-order valence-electron chi connectivity index (χ4n) is 2.61. The van der Waals surface area contributed by atoms with Crippen LogP contribution in [-0.2, 0) is 10.0 Å². The zero-order valence-electron chi connectivity index (χ0n) is 10.8. The highest BCUT2D eigenvalue weighted by molar-refractivity contribution is 7.89. The van der Waals surface area contributed by atoms with Gasteiger partial charge in [0.2, 0.25) is 10.0 Å². The molecule has 0 spiro atoms. The molecule has 1 aliphatic rings. The molecule has 100 valence electrons. The number of primary sulfonamides is 1. The molecule has 0 aromatic heterocycles. The molecule has 1 aromatic rings. The highest BCUT2D eigenvalue weighted by Crippen LogP contribution is 2.38. The lowest BCUT2D eigenvalue weighted by Crippen LogP contribution is -2.21. The molecule has 2 rings (SSSR count). The normalized spacial score (nSPS) is 22.9. The maximum atomic E-state index is 11.5. The second-order valence-corrected chi connectivity index (χ2v) is 7.32. The van der Waals surface area contributed by atoms with E-state index < -0.39 is 10.0 Å². The molecular formula is C13H20N2O2S. The summed E-state index contributed by atoms with van der Waals surface area (Å²) in [6, 6.07) is 7.13. The zero-order chi connectivity index (χ0) is 13.4. The summed E-state index contributed by atoms with van der Waals surface area (Å²) in [5, 5.41) is 8.53. The Balaban J connectivity index is 2.21. The Morgan fingerprint density at radius 1 is 1.33 bits per heavy atom. The molecule has 4 nitrogen and oxygen atoms in total. The first-order valence-corrected chi connectivity index (χ1v) is 7.71. The van der Waals surface area contributed by atoms with Crippen LogP contribution in [0, 0.1) is 5.41 Å². The van der Waals surface area contributed by atoms with Crippen LogP contribution in [0.2, 0.25) is 0 Å². The van der Waals surface area contributed by atoms with E-state index in [4.69, 9.17) is 5.14 Å². The van der Waals surface area contributed by atoms with Crippen molar-refractivity contribution in [3.8, 4) is 0 Å².